The number of hydrogen-bond donors (Lipinski definition) is 3. The van der Waals surface area contributed by atoms with Gasteiger partial charge in [-0.05, 0) is 49.7 Å². The van der Waals surface area contributed by atoms with Crippen LogP contribution in [0.4, 0.5) is 15.8 Å². The molecular formula is C30H27FN4O3S. The summed E-state index contributed by atoms with van der Waals surface area (Å²) in [4.78, 5) is 26.3. The fraction of sp³-hybridized carbons (Fsp3) is 0.167. The number of amides is 2. The van der Waals surface area contributed by atoms with Crippen molar-refractivity contribution in [1.29, 1.82) is 5.26 Å². The van der Waals surface area contributed by atoms with E-state index >= 15 is 4.39 Å². The number of carbonyl (C=O) groups is 2. The molecule has 9 heteroatoms. The molecule has 3 aromatic carbocycles. The maximum Gasteiger partial charge on any atom is 0.254 e. The van der Waals surface area contributed by atoms with Gasteiger partial charge in [-0.25, -0.2) is 4.39 Å². The highest BCUT2D eigenvalue weighted by atomic mass is 32.2. The molecule has 0 radical (unpaired) electrons. The van der Waals surface area contributed by atoms with Crippen LogP contribution >= 0.6 is 11.8 Å². The van der Waals surface area contributed by atoms with E-state index in [9.17, 15) is 14.9 Å². The van der Waals surface area contributed by atoms with E-state index in [2.05, 4.69) is 22.0 Å². The Balaban J connectivity index is 1.66. The first kappa shape index (κ1) is 27.5. The van der Waals surface area contributed by atoms with Crippen LogP contribution in [-0.4, -0.2) is 24.7 Å². The first-order valence-corrected chi connectivity index (χ1v) is 13.1. The molecule has 7 nitrogen and oxygen atoms in total. The van der Waals surface area contributed by atoms with Gasteiger partial charge in [0.15, 0.2) is 0 Å². The number of nitrogens with one attached hydrogen (secondary N) is 3. The summed E-state index contributed by atoms with van der Waals surface area (Å²) < 4.78 is 20.5. The van der Waals surface area contributed by atoms with E-state index in [1.54, 1.807) is 55.5 Å². The molecule has 0 saturated heterocycles. The highest BCUT2D eigenvalue weighted by molar-refractivity contribution is 8.03. The summed E-state index contributed by atoms with van der Waals surface area (Å²) in [5, 5.41) is 19.4. The number of hydrogen-bond acceptors (Lipinski definition) is 6. The number of anilines is 2. The maximum absolute atomic E-state index is 15.1. The Labute approximate surface area is 230 Å². The molecule has 0 fully saturated rings. The Morgan fingerprint density at radius 3 is 2.51 bits per heavy atom. The quantitative estimate of drug-likeness (QED) is 0.330. The van der Waals surface area contributed by atoms with E-state index < -0.39 is 17.6 Å². The second-order valence-electron chi connectivity index (χ2n) is 8.83. The number of nitriles is 1. The number of benzene rings is 3. The van der Waals surface area contributed by atoms with Gasteiger partial charge >= 0.3 is 0 Å². The molecule has 0 spiro atoms. The zero-order chi connectivity index (χ0) is 27.9. The second-order valence-corrected chi connectivity index (χ2v) is 9.82. The molecule has 0 unspecified atom stereocenters. The van der Waals surface area contributed by atoms with Crippen LogP contribution in [0, 0.1) is 24.1 Å². The summed E-state index contributed by atoms with van der Waals surface area (Å²) in [6.45, 7) is 3.62. The Morgan fingerprint density at radius 1 is 1.05 bits per heavy atom. The third-order valence-electron chi connectivity index (χ3n) is 6.11. The van der Waals surface area contributed by atoms with Gasteiger partial charge in [-0.1, -0.05) is 54.2 Å². The van der Waals surface area contributed by atoms with Gasteiger partial charge in [-0.15, -0.1) is 0 Å². The molecule has 1 heterocycles. The lowest BCUT2D eigenvalue weighted by Gasteiger charge is -2.30. The van der Waals surface area contributed by atoms with Crippen molar-refractivity contribution in [2.24, 2.45) is 0 Å². The van der Waals surface area contributed by atoms with Crippen LogP contribution < -0.4 is 20.7 Å². The van der Waals surface area contributed by atoms with Gasteiger partial charge in [0.2, 0.25) is 5.91 Å². The van der Waals surface area contributed by atoms with E-state index in [4.69, 9.17) is 4.74 Å². The van der Waals surface area contributed by atoms with Crippen molar-refractivity contribution in [3.8, 4) is 11.8 Å². The molecule has 4 rings (SSSR count). The van der Waals surface area contributed by atoms with Crippen LogP contribution in [0.5, 0.6) is 5.75 Å². The highest BCUT2D eigenvalue weighted by Crippen LogP contribution is 2.42. The van der Waals surface area contributed by atoms with Crippen LogP contribution in [0.3, 0.4) is 0 Å². The van der Waals surface area contributed by atoms with Crippen LogP contribution in [0.25, 0.3) is 0 Å². The molecule has 198 valence electrons. The lowest BCUT2D eigenvalue weighted by atomic mass is 9.82. The number of nitrogens with zero attached hydrogens (tertiary/aromatic N) is 1. The van der Waals surface area contributed by atoms with Crippen LogP contribution in [0.2, 0.25) is 0 Å². The standard InChI is InChI=1S/C30H27FN4O3S/c1-18-9-8-10-20(15-18)34-26(36)17-39-30-22(16-32)28(21-11-4-5-12-23(21)31)27(19(2)33-30)29(37)35-24-13-6-7-14-25(24)38-3/h4-15,28,33H,17H2,1-3H3,(H,34,36)(H,35,37)/t28-/m1/s1. The largest absolute Gasteiger partial charge is 0.495 e. The predicted octanol–water partition coefficient (Wildman–Crippen LogP) is 5.85. The fourth-order valence-electron chi connectivity index (χ4n) is 4.34. The molecule has 3 aromatic rings. The Hall–Kier alpha value is -4.55. The molecule has 1 aliphatic heterocycles. The monoisotopic (exact) mass is 542 g/mol. The number of thioether (sulfide) groups is 1. The summed E-state index contributed by atoms with van der Waals surface area (Å²) in [6.07, 6.45) is 0. The smallest absolute Gasteiger partial charge is 0.254 e. The molecule has 2 amide bonds. The van der Waals surface area contributed by atoms with Crippen molar-refractivity contribution in [2.45, 2.75) is 19.8 Å². The van der Waals surface area contributed by atoms with Gasteiger partial charge in [0.1, 0.15) is 11.6 Å². The van der Waals surface area contributed by atoms with E-state index in [-0.39, 0.29) is 28.4 Å². The number of allylic oxidation sites excluding steroid dienone is 2. The highest BCUT2D eigenvalue weighted by Gasteiger charge is 2.36. The molecule has 1 aliphatic rings. The van der Waals surface area contributed by atoms with E-state index in [1.165, 1.54) is 13.2 Å². The zero-order valence-electron chi connectivity index (χ0n) is 21.7. The minimum Gasteiger partial charge on any atom is -0.495 e. The molecule has 0 bridgehead atoms. The maximum atomic E-state index is 15.1. The van der Waals surface area contributed by atoms with Crippen molar-refractivity contribution in [2.75, 3.05) is 23.5 Å². The van der Waals surface area contributed by atoms with Crippen molar-refractivity contribution < 1.29 is 18.7 Å². The van der Waals surface area contributed by atoms with Crippen LogP contribution in [-0.2, 0) is 9.59 Å². The zero-order valence-corrected chi connectivity index (χ0v) is 22.5. The molecule has 0 aliphatic carbocycles. The molecule has 1 atom stereocenters. The third kappa shape index (κ3) is 6.30. The molecule has 0 saturated carbocycles. The van der Waals surface area contributed by atoms with Crippen LogP contribution in [0.15, 0.2) is 94.7 Å². The molecule has 3 N–H and O–H groups in total. The first-order valence-electron chi connectivity index (χ1n) is 12.1. The third-order valence-corrected chi connectivity index (χ3v) is 7.13. The summed E-state index contributed by atoms with van der Waals surface area (Å²) in [5.41, 5.74) is 3.07. The fourth-order valence-corrected chi connectivity index (χ4v) is 5.23. The van der Waals surface area contributed by atoms with E-state index in [1.807, 2.05) is 25.1 Å². The van der Waals surface area contributed by atoms with E-state index in [0.717, 1.165) is 17.3 Å². The summed E-state index contributed by atoms with van der Waals surface area (Å²) in [7, 11) is 1.49. The number of halogens is 1. The normalized spacial score (nSPS) is 14.8. The van der Waals surface area contributed by atoms with Gasteiger partial charge in [-0.2, -0.15) is 5.26 Å². The Bertz CT molecular complexity index is 1530. The number of methoxy groups -OCH3 is 1. The lowest BCUT2D eigenvalue weighted by Crippen LogP contribution is -2.31. The number of aryl methyl sites for hydroxylation is 1. The van der Waals surface area contributed by atoms with Crippen molar-refractivity contribution >= 4 is 35.0 Å². The van der Waals surface area contributed by atoms with E-state index in [0.29, 0.717) is 27.9 Å². The first-order chi connectivity index (χ1) is 18.8. The summed E-state index contributed by atoms with van der Waals surface area (Å²) in [5.74, 6) is -1.85. The number of ether oxygens (including phenoxy) is 1. The van der Waals surface area contributed by atoms with Crippen molar-refractivity contribution in [3.05, 3.63) is 112 Å². The summed E-state index contributed by atoms with van der Waals surface area (Å²) >= 11 is 1.12. The summed E-state index contributed by atoms with van der Waals surface area (Å²) in [6, 6.07) is 22.6. The molecular weight excluding hydrogens is 515 g/mol. The number of para-hydroxylation sites is 2. The topological polar surface area (TPSA) is 103 Å². The Morgan fingerprint density at radius 2 is 1.79 bits per heavy atom. The SMILES string of the molecule is COc1ccccc1NC(=O)C1=C(C)NC(SCC(=O)Nc2cccc(C)c2)=C(C#N)[C@H]1c1ccccc1F. The van der Waals surface area contributed by atoms with Crippen molar-refractivity contribution in [1.82, 2.24) is 5.32 Å². The second kappa shape index (κ2) is 12.3. The van der Waals surface area contributed by atoms with Gasteiger partial charge in [-0.3, -0.25) is 9.59 Å². The van der Waals surface area contributed by atoms with Crippen molar-refractivity contribution in [3.63, 3.8) is 0 Å². The van der Waals surface area contributed by atoms with Gasteiger partial charge in [0.05, 0.1) is 41.1 Å². The number of dihydropyridines is 1. The minimum absolute atomic E-state index is 0.00146. The molecule has 0 aromatic heterocycles. The average Bonchev–Trinajstić information content (AvgIpc) is 2.92. The number of rotatable bonds is 8. The van der Waals surface area contributed by atoms with Gasteiger partial charge in [0, 0.05) is 22.5 Å². The van der Waals surface area contributed by atoms with Crippen LogP contribution in [0.1, 0.15) is 24.0 Å². The number of carbonyl (C=O) groups excluding carboxylic acids is 2. The lowest BCUT2D eigenvalue weighted by molar-refractivity contribution is -0.114. The minimum atomic E-state index is -0.991. The average molecular weight is 543 g/mol. The van der Waals surface area contributed by atoms with Gasteiger partial charge < -0.3 is 20.7 Å². The molecule has 39 heavy (non-hydrogen) atoms. The Kier molecular flexibility index (Phi) is 8.69. The predicted molar refractivity (Wildman–Crippen MR) is 152 cm³/mol. The van der Waals surface area contributed by atoms with Gasteiger partial charge in [0.25, 0.3) is 5.91 Å².